The van der Waals surface area contributed by atoms with Crippen LogP contribution in [-0.2, 0) is 6.54 Å². The first-order chi connectivity index (χ1) is 8.81. The van der Waals surface area contributed by atoms with Gasteiger partial charge in [-0.2, -0.15) is 0 Å². The Hall–Kier alpha value is -1.55. The Bertz CT molecular complexity index is 590. The Morgan fingerprint density at radius 3 is 2.94 bits per heavy atom. The molecule has 0 spiro atoms. The van der Waals surface area contributed by atoms with Crippen molar-refractivity contribution in [3.63, 3.8) is 0 Å². The van der Waals surface area contributed by atoms with Gasteiger partial charge in [-0.1, -0.05) is 6.08 Å². The smallest absolute Gasteiger partial charge is 0.270 e. The summed E-state index contributed by atoms with van der Waals surface area (Å²) >= 11 is 1.68. The van der Waals surface area contributed by atoms with E-state index in [4.69, 9.17) is 0 Å². The van der Waals surface area contributed by atoms with Gasteiger partial charge in [-0.05, 0) is 30.4 Å². The summed E-state index contributed by atoms with van der Waals surface area (Å²) in [7, 11) is 0. The van der Waals surface area contributed by atoms with Crippen molar-refractivity contribution in [3.8, 4) is 0 Å². The van der Waals surface area contributed by atoms with Crippen molar-refractivity contribution in [2.24, 2.45) is 0 Å². The standard InChI is InChI=1S/C14H16N2OS/c1-2-6-16-11-5-9-18-13(11)10-12(16)14(17)15-7-3-4-8-15/h2,5,9-10H,1,3-4,6-8H2. The van der Waals surface area contributed by atoms with E-state index in [2.05, 4.69) is 22.6 Å². The first kappa shape index (κ1) is 11.5. The molecule has 1 saturated heterocycles. The molecule has 1 amide bonds. The molecular weight excluding hydrogens is 244 g/mol. The zero-order valence-corrected chi connectivity index (χ0v) is 11.1. The molecule has 0 atom stereocenters. The lowest BCUT2D eigenvalue weighted by molar-refractivity contribution is 0.0783. The van der Waals surface area contributed by atoms with Crippen molar-refractivity contribution in [2.75, 3.05) is 13.1 Å². The number of nitrogens with zero attached hydrogens (tertiary/aromatic N) is 2. The molecular formula is C14H16N2OS. The summed E-state index contributed by atoms with van der Waals surface area (Å²) in [6.07, 6.45) is 4.10. The molecule has 0 N–H and O–H groups in total. The Balaban J connectivity index is 2.03. The number of carbonyl (C=O) groups is 1. The second-order valence-corrected chi connectivity index (χ2v) is 5.55. The number of hydrogen-bond acceptors (Lipinski definition) is 2. The molecule has 1 fully saturated rings. The van der Waals surface area contributed by atoms with E-state index in [1.807, 2.05) is 17.0 Å². The first-order valence-electron chi connectivity index (χ1n) is 6.28. The quantitative estimate of drug-likeness (QED) is 0.778. The SMILES string of the molecule is C=CCn1c(C(=O)N2CCCC2)cc2sccc21. The number of thiophene rings is 1. The van der Waals surface area contributed by atoms with Crippen LogP contribution in [0.25, 0.3) is 10.2 Å². The number of hydrogen-bond donors (Lipinski definition) is 0. The molecule has 3 heterocycles. The highest BCUT2D eigenvalue weighted by Gasteiger charge is 2.23. The fourth-order valence-corrected chi connectivity index (χ4v) is 3.38. The molecule has 94 valence electrons. The fourth-order valence-electron chi connectivity index (χ4n) is 2.56. The Labute approximate surface area is 110 Å². The molecule has 0 aliphatic carbocycles. The molecule has 3 nitrogen and oxygen atoms in total. The van der Waals surface area contributed by atoms with Gasteiger partial charge < -0.3 is 9.47 Å². The molecule has 0 aromatic carbocycles. The van der Waals surface area contributed by atoms with Crippen LogP contribution in [0.4, 0.5) is 0 Å². The van der Waals surface area contributed by atoms with E-state index in [-0.39, 0.29) is 5.91 Å². The van der Waals surface area contributed by atoms with Gasteiger partial charge in [0, 0.05) is 19.6 Å². The molecule has 0 bridgehead atoms. The molecule has 2 aromatic rings. The number of rotatable bonds is 3. The van der Waals surface area contributed by atoms with E-state index < -0.39 is 0 Å². The molecule has 0 unspecified atom stereocenters. The van der Waals surface area contributed by atoms with Gasteiger partial charge in [-0.15, -0.1) is 17.9 Å². The molecule has 3 rings (SSSR count). The minimum Gasteiger partial charge on any atom is -0.337 e. The van der Waals surface area contributed by atoms with Gasteiger partial charge >= 0.3 is 0 Å². The third-order valence-corrected chi connectivity index (χ3v) is 4.30. The highest BCUT2D eigenvalue weighted by atomic mass is 32.1. The van der Waals surface area contributed by atoms with Crippen LogP contribution in [0.2, 0.25) is 0 Å². The zero-order valence-electron chi connectivity index (χ0n) is 10.3. The third kappa shape index (κ3) is 1.77. The van der Waals surface area contributed by atoms with Gasteiger partial charge in [0.25, 0.3) is 5.91 Å². The monoisotopic (exact) mass is 260 g/mol. The van der Waals surface area contributed by atoms with Crippen LogP contribution in [0.15, 0.2) is 30.2 Å². The van der Waals surface area contributed by atoms with Crippen molar-refractivity contribution in [2.45, 2.75) is 19.4 Å². The summed E-state index contributed by atoms with van der Waals surface area (Å²) in [5.74, 6) is 0.165. The average molecular weight is 260 g/mol. The third-order valence-electron chi connectivity index (χ3n) is 3.45. The predicted octanol–water partition coefficient (Wildman–Crippen LogP) is 3.12. The van der Waals surface area contributed by atoms with Gasteiger partial charge in [0.05, 0.1) is 10.2 Å². The van der Waals surface area contributed by atoms with Crippen LogP contribution >= 0.6 is 11.3 Å². The Morgan fingerprint density at radius 1 is 1.44 bits per heavy atom. The largest absolute Gasteiger partial charge is 0.337 e. The van der Waals surface area contributed by atoms with Gasteiger partial charge in [-0.3, -0.25) is 4.79 Å². The van der Waals surface area contributed by atoms with Gasteiger partial charge in [0.2, 0.25) is 0 Å². The molecule has 0 radical (unpaired) electrons. The summed E-state index contributed by atoms with van der Waals surface area (Å²) in [5.41, 5.74) is 1.95. The topological polar surface area (TPSA) is 25.2 Å². The summed E-state index contributed by atoms with van der Waals surface area (Å²) in [5, 5.41) is 2.06. The lowest BCUT2D eigenvalue weighted by atomic mass is 10.3. The summed E-state index contributed by atoms with van der Waals surface area (Å²) in [6.45, 7) is 6.26. The lowest BCUT2D eigenvalue weighted by Crippen LogP contribution is -2.29. The van der Waals surface area contributed by atoms with Crippen molar-refractivity contribution < 1.29 is 4.79 Å². The summed E-state index contributed by atoms with van der Waals surface area (Å²) < 4.78 is 3.25. The zero-order chi connectivity index (χ0) is 12.5. The highest BCUT2D eigenvalue weighted by Crippen LogP contribution is 2.26. The van der Waals surface area contributed by atoms with E-state index in [0.717, 1.165) is 37.1 Å². The van der Waals surface area contributed by atoms with Crippen molar-refractivity contribution in [1.82, 2.24) is 9.47 Å². The molecule has 18 heavy (non-hydrogen) atoms. The van der Waals surface area contributed by atoms with E-state index in [1.165, 1.54) is 4.70 Å². The van der Waals surface area contributed by atoms with Crippen LogP contribution in [0.5, 0.6) is 0 Å². The number of allylic oxidation sites excluding steroid dienone is 1. The predicted molar refractivity (Wildman–Crippen MR) is 75.1 cm³/mol. The van der Waals surface area contributed by atoms with E-state index in [9.17, 15) is 4.79 Å². The minimum atomic E-state index is 0.165. The maximum Gasteiger partial charge on any atom is 0.270 e. The molecule has 1 aliphatic heterocycles. The lowest BCUT2D eigenvalue weighted by Gasteiger charge is -2.16. The molecule has 0 saturated carbocycles. The maximum absolute atomic E-state index is 12.5. The highest BCUT2D eigenvalue weighted by molar-refractivity contribution is 7.17. The summed E-state index contributed by atoms with van der Waals surface area (Å²) in [4.78, 5) is 14.4. The molecule has 2 aromatic heterocycles. The fraction of sp³-hybridized carbons (Fsp3) is 0.357. The maximum atomic E-state index is 12.5. The average Bonchev–Trinajstić information content (AvgIpc) is 3.06. The van der Waals surface area contributed by atoms with Crippen LogP contribution in [-0.4, -0.2) is 28.5 Å². The van der Waals surface area contributed by atoms with E-state index >= 15 is 0 Å². The van der Waals surface area contributed by atoms with Crippen LogP contribution < -0.4 is 0 Å². The Morgan fingerprint density at radius 2 is 2.22 bits per heavy atom. The second-order valence-electron chi connectivity index (χ2n) is 4.60. The molecule has 1 aliphatic rings. The van der Waals surface area contributed by atoms with Crippen molar-refractivity contribution >= 4 is 27.5 Å². The molecule has 4 heteroatoms. The number of carbonyl (C=O) groups excluding carboxylic acids is 1. The summed E-state index contributed by atoms with van der Waals surface area (Å²) in [6, 6.07) is 4.09. The van der Waals surface area contributed by atoms with Crippen LogP contribution in [0.1, 0.15) is 23.3 Å². The normalized spacial score (nSPS) is 15.4. The number of likely N-dealkylation sites (tertiary alicyclic amines) is 1. The van der Waals surface area contributed by atoms with E-state index in [0.29, 0.717) is 6.54 Å². The number of aromatic nitrogens is 1. The minimum absolute atomic E-state index is 0.165. The first-order valence-corrected chi connectivity index (χ1v) is 7.16. The van der Waals surface area contributed by atoms with Crippen molar-refractivity contribution in [1.29, 1.82) is 0 Å². The van der Waals surface area contributed by atoms with Crippen LogP contribution in [0, 0.1) is 0 Å². The van der Waals surface area contributed by atoms with Crippen molar-refractivity contribution in [3.05, 3.63) is 35.9 Å². The second kappa shape index (κ2) is 4.61. The van der Waals surface area contributed by atoms with Gasteiger partial charge in [-0.25, -0.2) is 0 Å². The Kier molecular flexibility index (Phi) is 2.96. The van der Waals surface area contributed by atoms with Crippen LogP contribution in [0.3, 0.4) is 0 Å². The van der Waals surface area contributed by atoms with Gasteiger partial charge in [0.1, 0.15) is 5.69 Å². The number of fused-ring (bicyclic) bond motifs is 1. The number of amides is 1. The van der Waals surface area contributed by atoms with E-state index in [1.54, 1.807) is 11.3 Å². The van der Waals surface area contributed by atoms with Gasteiger partial charge in [0.15, 0.2) is 0 Å².